The first-order valence-corrected chi connectivity index (χ1v) is 5.71. The summed E-state index contributed by atoms with van der Waals surface area (Å²) >= 11 is 12.2. The van der Waals surface area contributed by atoms with Gasteiger partial charge in [-0.3, -0.25) is 4.98 Å². The number of hydrogen-bond acceptors (Lipinski definition) is 3. The van der Waals surface area contributed by atoms with Crippen molar-refractivity contribution < 1.29 is 0 Å². The van der Waals surface area contributed by atoms with Crippen LogP contribution in [0.15, 0.2) is 12.4 Å². The van der Waals surface area contributed by atoms with E-state index in [4.69, 9.17) is 23.2 Å². The fourth-order valence-corrected chi connectivity index (χ4v) is 2.45. The highest BCUT2D eigenvalue weighted by Gasteiger charge is 2.20. The van der Waals surface area contributed by atoms with Crippen molar-refractivity contribution in [1.82, 2.24) is 10.3 Å². The minimum Gasteiger partial charge on any atom is -0.366 e. The number of aromatic nitrogens is 1. The van der Waals surface area contributed by atoms with Gasteiger partial charge in [0.2, 0.25) is 0 Å². The Labute approximate surface area is 99.4 Å². The average Bonchev–Trinajstić information content (AvgIpc) is 2.17. The molecule has 1 N–H and O–H groups in total. The van der Waals surface area contributed by atoms with Crippen LogP contribution in [0.1, 0.15) is 6.92 Å². The van der Waals surface area contributed by atoms with Crippen molar-refractivity contribution >= 4 is 28.9 Å². The van der Waals surface area contributed by atoms with Gasteiger partial charge >= 0.3 is 0 Å². The Hall–Kier alpha value is -0.510. The molecule has 0 aromatic carbocycles. The molecule has 5 heteroatoms. The van der Waals surface area contributed by atoms with E-state index in [0.29, 0.717) is 16.1 Å². The van der Waals surface area contributed by atoms with Crippen molar-refractivity contribution in [3.05, 3.63) is 22.4 Å². The number of pyridine rings is 1. The van der Waals surface area contributed by atoms with Crippen molar-refractivity contribution in [2.75, 3.05) is 24.5 Å². The summed E-state index contributed by atoms with van der Waals surface area (Å²) in [6.07, 6.45) is 3.27. The Morgan fingerprint density at radius 1 is 1.40 bits per heavy atom. The lowest BCUT2D eigenvalue weighted by Crippen LogP contribution is -2.49. The van der Waals surface area contributed by atoms with E-state index in [1.54, 1.807) is 12.4 Å². The molecule has 0 aliphatic carbocycles. The normalized spacial score (nSPS) is 21.8. The van der Waals surface area contributed by atoms with Crippen LogP contribution in [0.3, 0.4) is 0 Å². The van der Waals surface area contributed by atoms with Crippen molar-refractivity contribution in [3.63, 3.8) is 0 Å². The van der Waals surface area contributed by atoms with Crippen molar-refractivity contribution in [1.29, 1.82) is 0 Å². The number of nitrogens with zero attached hydrogens (tertiary/aromatic N) is 2. The van der Waals surface area contributed by atoms with Gasteiger partial charge in [0, 0.05) is 38.1 Å². The Balaban J connectivity index is 2.28. The Morgan fingerprint density at radius 2 is 2.07 bits per heavy atom. The summed E-state index contributed by atoms with van der Waals surface area (Å²) in [6.45, 7) is 4.95. The van der Waals surface area contributed by atoms with Gasteiger partial charge in [-0.25, -0.2) is 0 Å². The minimum atomic E-state index is 0.457. The second-order valence-electron chi connectivity index (χ2n) is 3.75. The summed E-state index contributed by atoms with van der Waals surface area (Å²) in [5.74, 6) is 0. The lowest BCUT2D eigenvalue weighted by atomic mass is 10.2. The fraction of sp³-hybridized carbons (Fsp3) is 0.500. The van der Waals surface area contributed by atoms with E-state index >= 15 is 0 Å². The summed E-state index contributed by atoms with van der Waals surface area (Å²) < 4.78 is 0. The van der Waals surface area contributed by atoms with Crippen LogP contribution in [-0.4, -0.2) is 30.7 Å². The number of hydrogen-bond donors (Lipinski definition) is 1. The SMILES string of the molecule is C[C@H]1CN(c2c(Cl)cncc2Cl)CCN1. The zero-order valence-electron chi connectivity index (χ0n) is 8.50. The molecule has 15 heavy (non-hydrogen) atoms. The van der Waals surface area contributed by atoms with Gasteiger partial charge < -0.3 is 10.2 Å². The molecule has 1 aliphatic heterocycles. The highest BCUT2D eigenvalue weighted by molar-refractivity contribution is 6.38. The first kappa shape index (κ1) is 11.0. The lowest BCUT2D eigenvalue weighted by molar-refractivity contribution is 0.485. The summed E-state index contributed by atoms with van der Waals surface area (Å²) in [7, 11) is 0. The number of anilines is 1. The maximum atomic E-state index is 6.10. The third kappa shape index (κ3) is 2.36. The van der Waals surface area contributed by atoms with Gasteiger partial charge in [0.15, 0.2) is 0 Å². The van der Waals surface area contributed by atoms with Crippen LogP contribution >= 0.6 is 23.2 Å². The number of halogens is 2. The third-order valence-corrected chi connectivity index (χ3v) is 3.07. The quantitative estimate of drug-likeness (QED) is 0.823. The fourth-order valence-electron chi connectivity index (χ4n) is 1.84. The van der Waals surface area contributed by atoms with Crippen LogP contribution in [0.25, 0.3) is 0 Å². The molecule has 0 bridgehead atoms. The maximum absolute atomic E-state index is 6.10. The van der Waals surface area contributed by atoms with Gasteiger partial charge in [-0.1, -0.05) is 23.2 Å². The molecule has 1 aromatic heterocycles. The molecule has 0 radical (unpaired) electrons. The van der Waals surface area contributed by atoms with Crippen LogP contribution < -0.4 is 10.2 Å². The number of piperazine rings is 1. The van der Waals surface area contributed by atoms with E-state index in [9.17, 15) is 0 Å². The molecule has 0 amide bonds. The maximum Gasteiger partial charge on any atom is 0.0838 e. The van der Waals surface area contributed by atoms with Gasteiger partial charge in [-0.15, -0.1) is 0 Å². The molecule has 0 unspecified atom stereocenters. The van der Waals surface area contributed by atoms with Crippen molar-refractivity contribution in [2.45, 2.75) is 13.0 Å². The molecule has 1 atom stereocenters. The van der Waals surface area contributed by atoms with E-state index < -0.39 is 0 Å². The molecule has 3 nitrogen and oxygen atoms in total. The Bertz CT molecular complexity index is 336. The van der Waals surface area contributed by atoms with Crippen LogP contribution in [0.5, 0.6) is 0 Å². The second-order valence-corrected chi connectivity index (χ2v) is 4.57. The summed E-state index contributed by atoms with van der Waals surface area (Å²) in [5.41, 5.74) is 0.904. The van der Waals surface area contributed by atoms with E-state index in [1.165, 1.54) is 0 Å². The third-order valence-electron chi connectivity index (χ3n) is 2.51. The highest BCUT2D eigenvalue weighted by atomic mass is 35.5. The van der Waals surface area contributed by atoms with E-state index in [0.717, 1.165) is 25.3 Å². The molecule has 0 spiro atoms. The van der Waals surface area contributed by atoms with Crippen LogP contribution in [-0.2, 0) is 0 Å². The van der Waals surface area contributed by atoms with Crippen LogP contribution in [0, 0.1) is 0 Å². The smallest absolute Gasteiger partial charge is 0.0838 e. The Kier molecular flexibility index (Phi) is 3.34. The molecule has 2 heterocycles. The second kappa shape index (κ2) is 4.56. The molecule has 0 saturated carbocycles. The van der Waals surface area contributed by atoms with E-state index in [-0.39, 0.29) is 0 Å². The summed E-state index contributed by atoms with van der Waals surface area (Å²) in [6, 6.07) is 0.457. The van der Waals surface area contributed by atoms with Gasteiger partial charge in [0.05, 0.1) is 15.7 Å². The largest absolute Gasteiger partial charge is 0.366 e. The van der Waals surface area contributed by atoms with E-state index in [2.05, 4.69) is 22.1 Å². The number of nitrogens with one attached hydrogen (secondary N) is 1. The molecule has 1 saturated heterocycles. The summed E-state index contributed by atoms with van der Waals surface area (Å²) in [5, 5.41) is 4.62. The first-order chi connectivity index (χ1) is 7.18. The monoisotopic (exact) mass is 245 g/mol. The number of rotatable bonds is 1. The highest BCUT2D eigenvalue weighted by Crippen LogP contribution is 2.32. The van der Waals surface area contributed by atoms with Crippen LogP contribution in [0.2, 0.25) is 10.0 Å². The standard InChI is InChI=1S/C10H13Cl2N3/c1-7-6-15(3-2-14-7)10-8(11)4-13-5-9(10)12/h4-5,7,14H,2-3,6H2,1H3/t7-/m0/s1. The van der Waals surface area contributed by atoms with Crippen LogP contribution in [0.4, 0.5) is 5.69 Å². The zero-order valence-corrected chi connectivity index (χ0v) is 10.0. The minimum absolute atomic E-state index is 0.457. The average molecular weight is 246 g/mol. The molecular weight excluding hydrogens is 233 g/mol. The van der Waals surface area contributed by atoms with Gasteiger partial charge in [0.1, 0.15) is 0 Å². The van der Waals surface area contributed by atoms with Crippen molar-refractivity contribution in [2.24, 2.45) is 0 Å². The van der Waals surface area contributed by atoms with Gasteiger partial charge in [-0.05, 0) is 6.92 Å². The Morgan fingerprint density at radius 3 is 2.67 bits per heavy atom. The summed E-state index contributed by atoms with van der Waals surface area (Å²) in [4.78, 5) is 6.15. The van der Waals surface area contributed by atoms with Gasteiger partial charge in [0.25, 0.3) is 0 Å². The molecule has 82 valence electrons. The molecule has 1 fully saturated rings. The lowest BCUT2D eigenvalue weighted by Gasteiger charge is -2.34. The molecule has 1 aromatic rings. The zero-order chi connectivity index (χ0) is 10.8. The molecule has 1 aliphatic rings. The molecule has 2 rings (SSSR count). The molecular formula is C10H13Cl2N3. The predicted octanol–water partition coefficient (Wildman–Crippen LogP) is 2.19. The predicted molar refractivity (Wildman–Crippen MR) is 63.9 cm³/mol. The van der Waals surface area contributed by atoms with Gasteiger partial charge in [-0.2, -0.15) is 0 Å². The first-order valence-electron chi connectivity index (χ1n) is 4.96. The van der Waals surface area contributed by atoms with E-state index in [1.807, 2.05) is 0 Å². The van der Waals surface area contributed by atoms with Crippen molar-refractivity contribution in [3.8, 4) is 0 Å². The topological polar surface area (TPSA) is 28.2 Å².